The third-order valence-corrected chi connectivity index (χ3v) is 5.48. The number of fused-ring (bicyclic) bond motifs is 1. The van der Waals surface area contributed by atoms with E-state index in [2.05, 4.69) is 32.2 Å². The van der Waals surface area contributed by atoms with Crippen molar-refractivity contribution in [3.05, 3.63) is 59.7 Å². The van der Waals surface area contributed by atoms with E-state index in [1.807, 2.05) is 49.4 Å². The summed E-state index contributed by atoms with van der Waals surface area (Å²) in [6.45, 7) is 8.15. The number of carbonyl (C=O) groups is 1. The number of ether oxygens (including phenoxy) is 1. The van der Waals surface area contributed by atoms with Crippen LogP contribution in [0.25, 0.3) is 0 Å². The molecule has 1 aliphatic rings. The quantitative estimate of drug-likeness (QED) is 0.793. The van der Waals surface area contributed by atoms with Gasteiger partial charge < -0.3 is 10.1 Å². The van der Waals surface area contributed by atoms with Crippen LogP contribution in [0.5, 0.6) is 5.75 Å². The molecule has 1 heterocycles. The molecule has 25 heavy (non-hydrogen) atoms. The maximum atomic E-state index is 12.7. The summed E-state index contributed by atoms with van der Waals surface area (Å²) in [6.07, 6.45) is 0.762. The van der Waals surface area contributed by atoms with Crippen LogP contribution in [0.2, 0.25) is 0 Å². The maximum absolute atomic E-state index is 12.7. The summed E-state index contributed by atoms with van der Waals surface area (Å²) in [7, 11) is 0. The second-order valence-corrected chi connectivity index (χ2v) is 8.66. The van der Waals surface area contributed by atoms with Gasteiger partial charge in [-0.15, -0.1) is 11.8 Å². The molecule has 0 unspecified atom stereocenters. The van der Waals surface area contributed by atoms with Gasteiger partial charge in [0.2, 0.25) is 5.91 Å². The third kappa shape index (κ3) is 4.37. The highest BCUT2D eigenvalue weighted by Gasteiger charge is 2.35. The second-order valence-electron chi connectivity index (χ2n) is 7.24. The van der Waals surface area contributed by atoms with E-state index >= 15 is 0 Å². The zero-order valence-electron chi connectivity index (χ0n) is 15.2. The molecule has 3 rings (SSSR count). The number of rotatable bonds is 4. The van der Waals surface area contributed by atoms with E-state index in [9.17, 15) is 4.79 Å². The van der Waals surface area contributed by atoms with E-state index in [4.69, 9.17) is 4.74 Å². The van der Waals surface area contributed by atoms with E-state index in [-0.39, 0.29) is 22.8 Å². The summed E-state index contributed by atoms with van der Waals surface area (Å²) in [4.78, 5) is 13.9. The van der Waals surface area contributed by atoms with Gasteiger partial charge >= 0.3 is 0 Å². The Bertz CT molecular complexity index is 758. The van der Waals surface area contributed by atoms with Crippen LogP contribution in [0.15, 0.2) is 53.4 Å². The number of nitrogens with one attached hydrogen (secondary N) is 1. The van der Waals surface area contributed by atoms with Crippen LogP contribution in [-0.2, 0) is 4.79 Å². The molecule has 2 aromatic rings. The third-order valence-electron chi connectivity index (χ3n) is 4.36. The first-order chi connectivity index (χ1) is 11.8. The van der Waals surface area contributed by atoms with Crippen molar-refractivity contribution in [2.45, 2.75) is 55.9 Å². The Labute approximate surface area is 154 Å². The fourth-order valence-corrected chi connectivity index (χ4v) is 4.05. The Balaban J connectivity index is 1.75. The summed E-state index contributed by atoms with van der Waals surface area (Å²) in [5.41, 5.74) is 1.95. The lowest BCUT2D eigenvalue weighted by molar-refractivity contribution is -0.121. The van der Waals surface area contributed by atoms with Crippen molar-refractivity contribution in [1.29, 1.82) is 0 Å². The second kappa shape index (κ2) is 7.12. The number of benzene rings is 2. The summed E-state index contributed by atoms with van der Waals surface area (Å²) in [5.74, 6) is 0.930. The lowest BCUT2D eigenvalue weighted by atomic mass is 9.89. The van der Waals surface area contributed by atoms with Crippen LogP contribution in [-0.4, -0.2) is 16.8 Å². The molecule has 0 saturated carbocycles. The first kappa shape index (κ1) is 17.9. The molecule has 4 heteroatoms. The van der Waals surface area contributed by atoms with Crippen molar-refractivity contribution in [2.24, 2.45) is 0 Å². The summed E-state index contributed by atoms with van der Waals surface area (Å²) >= 11 is 1.58. The van der Waals surface area contributed by atoms with Crippen LogP contribution < -0.4 is 10.1 Å². The van der Waals surface area contributed by atoms with Crippen LogP contribution in [0.3, 0.4) is 0 Å². The van der Waals surface area contributed by atoms with E-state index in [0.29, 0.717) is 0 Å². The Morgan fingerprint density at radius 3 is 2.68 bits per heavy atom. The zero-order chi connectivity index (χ0) is 18.0. The molecular formula is C21H25NO2S. The smallest absolute Gasteiger partial charge is 0.233 e. The van der Waals surface area contributed by atoms with Crippen molar-refractivity contribution in [3.63, 3.8) is 0 Å². The fourth-order valence-electron chi connectivity index (χ4n) is 3.15. The topological polar surface area (TPSA) is 38.3 Å². The number of amides is 1. The number of hydrogen-bond donors (Lipinski definition) is 1. The van der Waals surface area contributed by atoms with Gasteiger partial charge in [0.15, 0.2) is 0 Å². The van der Waals surface area contributed by atoms with E-state index in [1.165, 1.54) is 5.56 Å². The van der Waals surface area contributed by atoms with Crippen molar-refractivity contribution >= 4 is 17.7 Å². The van der Waals surface area contributed by atoms with Gasteiger partial charge in [0, 0.05) is 16.9 Å². The normalized spacial score (nSPS) is 19.4. The SMILES string of the molecule is Cc1ccc2c(c1)[C@@H](NC(=O)[C@@H](C)Sc1ccccc1)CC(C)(C)O2. The monoisotopic (exact) mass is 355 g/mol. The molecule has 2 atom stereocenters. The minimum atomic E-state index is -0.296. The average Bonchev–Trinajstić information content (AvgIpc) is 2.55. The minimum Gasteiger partial charge on any atom is -0.487 e. The molecule has 132 valence electrons. The molecule has 0 aliphatic carbocycles. The number of thioether (sulfide) groups is 1. The number of carbonyl (C=O) groups excluding carboxylic acids is 1. The van der Waals surface area contributed by atoms with Gasteiger partial charge in [0.25, 0.3) is 0 Å². The van der Waals surface area contributed by atoms with Gasteiger partial charge in [-0.1, -0.05) is 35.9 Å². The van der Waals surface area contributed by atoms with Gasteiger partial charge in [0.05, 0.1) is 11.3 Å². The molecule has 0 saturated heterocycles. The Hall–Kier alpha value is -1.94. The summed E-state index contributed by atoms with van der Waals surface area (Å²) < 4.78 is 6.09. The van der Waals surface area contributed by atoms with Gasteiger partial charge in [-0.25, -0.2) is 0 Å². The molecular weight excluding hydrogens is 330 g/mol. The average molecular weight is 356 g/mol. The Kier molecular flexibility index (Phi) is 5.09. The predicted molar refractivity (Wildman–Crippen MR) is 103 cm³/mol. The van der Waals surface area contributed by atoms with Crippen LogP contribution in [0.4, 0.5) is 0 Å². The van der Waals surface area contributed by atoms with Crippen LogP contribution in [0.1, 0.15) is 44.4 Å². The molecule has 0 bridgehead atoms. The fraction of sp³-hybridized carbons (Fsp3) is 0.381. The van der Waals surface area contributed by atoms with Gasteiger partial charge in [-0.05, 0) is 45.9 Å². The molecule has 0 radical (unpaired) electrons. The molecule has 1 N–H and O–H groups in total. The molecule has 1 amide bonds. The highest BCUT2D eigenvalue weighted by molar-refractivity contribution is 8.00. The van der Waals surface area contributed by atoms with Crippen molar-refractivity contribution in [2.75, 3.05) is 0 Å². The largest absolute Gasteiger partial charge is 0.487 e. The highest BCUT2D eigenvalue weighted by Crippen LogP contribution is 2.40. The Morgan fingerprint density at radius 2 is 1.96 bits per heavy atom. The van der Waals surface area contributed by atoms with E-state index in [0.717, 1.165) is 22.6 Å². The minimum absolute atomic E-state index is 0.0232. The lowest BCUT2D eigenvalue weighted by Crippen LogP contribution is -2.43. The van der Waals surface area contributed by atoms with E-state index in [1.54, 1.807) is 11.8 Å². The lowest BCUT2D eigenvalue weighted by Gasteiger charge is -2.38. The molecule has 2 aromatic carbocycles. The molecule has 0 fully saturated rings. The van der Waals surface area contributed by atoms with Gasteiger partial charge in [0.1, 0.15) is 11.4 Å². The summed E-state index contributed by atoms with van der Waals surface area (Å²) in [5, 5.41) is 3.09. The van der Waals surface area contributed by atoms with Crippen molar-refractivity contribution in [3.8, 4) is 5.75 Å². The van der Waals surface area contributed by atoms with Crippen molar-refractivity contribution in [1.82, 2.24) is 5.32 Å². The first-order valence-electron chi connectivity index (χ1n) is 8.66. The van der Waals surface area contributed by atoms with Crippen LogP contribution in [0, 0.1) is 6.92 Å². The summed E-state index contributed by atoms with van der Waals surface area (Å²) in [6, 6.07) is 16.2. The first-order valence-corrected chi connectivity index (χ1v) is 9.54. The molecule has 0 spiro atoms. The van der Waals surface area contributed by atoms with E-state index < -0.39 is 0 Å². The predicted octanol–water partition coefficient (Wildman–Crippen LogP) is 4.89. The molecule has 3 nitrogen and oxygen atoms in total. The number of aryl methyl sites for hydroxylation is 1. The molecule has 1 aliphatic heterocycles. The van der Waals surface area contributed by atoms with Gasteiger partial charge in [-0.3, -0.25) is 4.79 Å². The maximum Gasteiger partial charge on any atom is 0.233 e. The number of hydrogen-bond acceptors (Lipinski definition) is 3. The Morgan fingerprint density at radius 1 is 1.24 bits per heavy atom. The van der Waals surface area contributed by atoms with Crippen molar-refractivity contribution < 1.29 is 9.53 Å². The molecule has 0 aromatic heterocycles. The standard InChI is InChI=1S/C21H25NO2S/c1-14-10-11-19-17(12-14)18(13-21(3,4)24-19)22-20(23)15(2)25-16-8-6-5-7-9-16/h5-12,15,18H,13H2,1-4H3,(H,22,23)/t15-,18+/m1/s1. The van der Waals surface area contributed by atoms with Crippen LogP contribution >= 0.6 is 11.8 Å². The van der Waals surface area contributed by atoms with Gasteiger partial charge in [-0.2, -0.15) is 0 Å². The highest BCUT2D eigenvalue weighted by atomic mass is 32.2. The zero-order valence-corrected chi connectivity index (χ0v) is 16.0.